The second-order valence-corrected chi connectivity index (χ2v) is 3.57. The second kappa shape index (κ2) is 8.03. The van der Waals surface area contributed by atoms with Gasteiger partial charge in [-0.05, 0) is 28.7 Å². The number of nitrogens with one attached hydrogen (secondary N) is 1. The van der Waals surface area contributed by atoms with Crippen molar-refractivity contribution < 1.29 is 4.92 Å². The first-order valence-corrected chi connectivity index (χ1v) is 5.85. The van der Waals surface area contributed by atoms with Gasteiger partial charge in [-0.15, -0.1) is 0 Å². The smallest absolute Gasteiger partial charge is 0.194 e. The minimum Gasteiger partial charge on any atom is -0.271 e. The van der Waals surface area contributed by atoms with Crippen molar-refractivity contribution in [2.75, 3.05) is 7.05 Å². The molecule has 0 aliphatic carbocycles. The van der Waals surface area contributed by atoms with E-state index in [4.69, 9.17) is 10.1 Å². The molecule has 16 heavy (non-hydrogen) atoms. The van der Waals surface area contributed by atoms with Crippen LogP contribution in [0.2, 0.25) is 0 Å². The Bertz CT molecular complexity index is 438. The van der Waals surface area contributed by atoms with Gasteiger partial charge in [-0.25, -0.2) is 0 Å². The average Bonchev–Trinajstić information content (AvgIpc) is 2.64. The SMILES string of the molecule is CC.C[N+](=O)[O-].Ic1[nH]nc2ccccc12. The first-order valence-electron chi connectivity index (χ1n) is 4.78. The lowest BCUT2D eigenvalue weighted by Crippen LogP contribution is -1.79. The lowest BCUT2D eigenvalue weighted by Gasteiger charge is -1.83. The van der Waals surface area contributed by atoms with Crippen molar-refractivity contribution in [2.45, 2.75) is 13.8 Å². The second-order valence-electron chi connectivity index (χ2n) is 2.49. The van der Waals surface area contributed by atoms with Crippen LogP contribution in [-0.2, 0) is 0 Å². The van der Waals surface area contributed by atoms with E-state index in [0.717, 1.165) is 16.3 Å². The summed E-state index contributed by atoms with van der Waals surface area (Å²) in [7, 11) is 0.889. The van der Waals surface area contributed by atoms with Gasteiger partial charge in [0.15, 0.2) is 7.05 Å². The van der Waals surface area contributed by atoms with Gasteiger partial charge in [0.2, 0.25) is 0 Å². The van der Waals surface area contributed by atoms with Crippen LogP contribution in [-0.4, -0.2) is 22.2 Å². The molecule has 0 aliphatic rings. The Morgan fingerprint density at radius 2 is 1.88 bits per heavy atom. The molecule has 88 valence electrons. The minimum absolute atomic E-state index is 0.500. The van der Waals surface area contributed by atoms with Gasteiger partial charge in [-0.1, -0.05) is 32.0 Å². The number of H-pyrrole nitrogens is 1. The number of hydrogen-bond acceptors (Lipinski definition) is 3. The molecule has 0 amide bonds. The van der Waals surface area contributed by atoms with Crippen LogP contribution < -0.4 is 0 Å². The Labute approximate surface area is 108 Å². The molecule has 0 unspecified atom stereocenters. The summed E-state index contributed by atoms with van der Waals surface area (Å²) in [4.78, 5) is 8.31. The van der Waals surface area contributed by atoms with E-state index < -0.39 is 4.92 Å². The third kappa shape index (κ3) is 5.06. The Balaban J connectivity index is 0.000000323. The lowest BCUT2D eigenvalue weighted by atomic mass is 10.3. The summed E-state index contributed by atoms with van der Waals surface area (Å²) in [6, 6.07) is 8.05. The predicted octanol–water partition coefficient (Wildman–Crippen LogP) is 3.09. The predicted molar refractivity (Wildman–Crippen MR) is 73.1 cm³/mol. The summed E-state index contributed by atoms with van der Waals surface area (Å²) in [5.41, 5.74) is 1.03. The van der Waals surface area contributed by atoms with E-state index in [1.54, 1.807) is 0 Å². The highest BCUT2D eigenvalue weighted by Gasteiger charge is 1.97. The summed E-state index contributed by atoms with van der Waals surface area (Å²) in [6.45, 7) is 4.00. The van der Waals surface area contributed by atoms with Crippen LogP contribution in [0.15, 0.2) is 24.3 Å². The summed E-state index contributed by atoms with van der Waals surface area (Å²) in [5.74, 6) is 0. The molecule has 0 saturated carbocycles. The molecule has 0 radical (unpaired) electrons. The number of benzene rings is 1. The van der Waals surface area contributed by atoms with Gasteiger partial charge in [0, 0.05) is 10.3 Å². The third-order valence-corrected chi connectivity index (χ3v) is 2.24. The quantitative estimate of drug-likeness (QED) is 0.457. The molecule has 1 aromatic heterocycles. The molecular formula is C10H14IN3O2. The molecule has 6 heteroatoms. The van der Waals surface area contributed by atoms with Crippen LogP contribution in [0, 0.1) is 13.8 Å². The Hall–Kier alpha value is -1.18. The first kappa shape index (κ1) is 14.8. The zero-order chi connectivity index (χ0) is 12.6. The molecule has 0 saturated heterocycles. The molecular weight excluding hydrogens is 321 g/mol. The summed E-state index contributed by atoms with van der Waals surface area (Å²) >= 11 is 2.24. The molecule has 0 bridgehead atoms. The molecule has 1 N–H and O–H groups in total. The number of nitrogens with zero attached hydrogens (tertiary/aromatic N) is 2. The molecule has 0 spiro atoms. The van der Waals surface area contributed by atoms with Gasteiger partial charge >= 0.3 is 0 Å². The first-order chi connectivity index (χ1) is 7.61. The number of nitro groups is 1. The summed E-state index contributed by atoms with van der Waals surface area (Å²) in [6.07, 6.45) is 0. The van der Waals surface area contributed by atoms with Gasteiger partial charge in [0.25, 0.3) is 0 Å². The molecule has 2 aromatic rings. The van der Waals surface area contributed by atoms with E-state index in [0.29, 0.717) is 0 Å². The largest absolute Gasteiger partial charge is 0.271 e. The van der Waals surface area contributed by atoms with Crippen molar-refractivity contribution in [2.24, 2.45) is 0 Å². The van der Waals surface area contributed by atoms with Crippen LogP contribution in [0.3, 0.4) is 0 Å². The Morgan fingerprint density at radius 3 is 2.38 bits per heavy atom. The van der Waals surface area contributed by atoms with Crippen LogP contribution in [0.1, 0.15) is 13.8 Å². The molecule has 1 heterocycles. The normalized spacial score (nSPS) is 8.50. The third-order valence-electron chi connectivity index (χ3n) is 1.42. The highest BCUT2D eigenvalue weighted by atomic mass is 127. The van der Waals surface area contributed by atoms with Crippen molar-refractivity contribution in [3.05, 3.63) is 38.1 Å². The maximum Gasteiger partial charge on any atom is 0.194 e. The maximum atomic E-state index is 8.81. The standard InChI is InChI=1S/C7H5IN2.C2H6.CH3NO2/c8-7-5-3-1-2-4-6(5)9-10-7;1-2;1-2(3)4/h1-4H,(H,9,10);1-2H3;1H3. The van der Waals surface area contributed by atoms with E-state index in [-0.39, 0.29) is 0 Å². The maximum absolute atomic E-state index is 8.81. The van der Waals surface area contributed by atoms with Gasteiger partial charge in [0.05, 0.1) is 5.52 Å². The Kier molecular flexibility index (Phi) is 7.44. The van der Waals surface area contributed by atoms with Crippen molar-refractivity contribution in [3.8, 4) is 0 Å². The molecule has 1 aromatic carbocycles. The van der Waals surface area contributed by atoms with Crippen molar-refractivity contribution in [1.29, 1.82) is 0 Å². The number of para-hydroxylation sites is 1. The highest BCUT2D eigenvalue weighted by Crippen LogP contribution is 2.15. The van der Waals surface area contributed by atoms with Crippen molar-refractivity contribution in [3.63, 3.8) is 0 Å². The van der Waals surface area contributed by atoms with Gasteiger partial charge < -0.3 is 0 Å². The zero-order valence-electron chi connectivity index (χ0n) is 9.40. The van der Waals surface area contributed by atoms with Crippen LogP contribution in [0.5, 0.6) is 0 Å². The van der Waals surface area contributed by atoms with Crippen LogP contribution in [0.25, 0.3) is 10.9 Å². The van der Waals surface area contributed by atoms with E-state index in [9.17, 15) is 0 Å². The fourth-order valence-corrected chi connectivity index (χ4v) is 1.50. The van der Waals surface area contributed by atoms with Crippen molar-refractivity contribution in [1.82, 2.24) is 10.2 Å². The molecule has 0 fully saturated rings. The fourth-order valence-electron chi connectivity index (χ4n) is 0.926. The van der Waals surface area contributed by atoms with E-state index in [1.165, 1.54) is 5.39 Å². The topological polar surface area (TPSA) is 71.8 Å². The number of aromatic amines is 1. The average molecular weight is 335 g/mol. The number of fused-ring (bicyclic) bond motifs is 1. The molecule has 2 rings (SSSR count). The zero-order valence-corrected chi connectivity index (χ0v) is 11.6. The van der Waals surface area contributed by atoms with Gasteiger partial charge in [-0.2, -0.15) is 5.10 Å². The van der Waals surface area contributed by atoms with Crippen LogP contribution >= 0.6 is 22.6 Å². The summed E-state index contributed by atoms with van der Waals surface area (Å²) < 4.78 is 1.10. The van der Waals surface area contributed by atoms with E-state index in [1.807, 2.05) is 32.0 Å². The lowest BCUT2D eigenvalue weighted by molar-refractivity contribution is -0.445. The number of aromatic nitrogens is 2. The number of rotatable bonds is 0. The van der Waals surface area contributed by atoms with Gasteiger partial charge in [-0.3, -0.25) is 15.2 Å². The molecule has 0 atom stereocenters. The summed E-state index contributed by atoms with van der Waals surface area (Å²) in [5, 5.41) is 17.0. The van der Waals surface area contributed by atoms with E-state index >= 15 is 0 Å². The Morgan fingerprint density at radius 1 is 1.38 bits per heavy atom. The number of hydrogen-bond donors (Lipinski definition) is 1. The monoisotopic (exact) mass is 335 g/mol. The van der Waals surface area contributed by atoms with Gasteiger partial charge in [0.1, 0.15) is 3.70 Å². The fraction of sp³-hybridized carbons (Fsp3) is 0.300. The molecule has 0 aliphatic heterocycles. The number of halogens is 1. The van der Waals surface area contributed by atoms with Crippen LogP contribution in [0.4, 0.5) is 0 Å². The van der Waals surface area contributed by atoms with E-state index in [2.05, 4.69) is 38.9 Å². The minimum atomic E-state index is -0.500. The van der Waals surface area contributed by atoms with Crippen molar-refractivity contribution >= 4 is 33.5 Å². The molecule has 5 nitrogen and oxygen atoms in total. The highest BCUT2D eigenvalue weighted by molar-refractivity contribution is 14.1.